The van der Waals surface area contributed by atoms with Gasteiger partial charge in [0.05, 0.1) is 16.1 Å². The lowest BCUT2D eigenvalue weighted by Crippen LogP contribution is -2.40. The molecule has 2 aliphatic rings. The maximum absolute atomic E-state index is 6.85. The fraction of sp³-hybridized carbons (Fsp3) is 0.773. The molecule has 158 valence electrons. The number of aromatic nitrogens is 1. The minimum atomic E-state index is -1.79. The van der Waals surface area contributed by atoms with Gasteiger partial charge in [0.2, 0.25) is 0 Å². The molecule has 1 N–H and O–H groups in total. The summed E-state index contributed by atoms with van der Waals surface area (Å²) in [5.74, 6) is 0.792. The number of hydrogen-bond donors (Lipinski definition) is 1. The van der Waals surface area contributed by atoms with Crippen molar-refractivity contribution in [2.75, 3.05) is 13.1 Å². The van der Waals surface area contributed by atoms with E-state index in [0.29, 0.717) is 10.0 Å². The molecule has 0 bridgehead atoms. The molecular weight excluding hydrogens is 407 g/mol. The molecule has 6 heteroatoms. The Morgan fingerprint density at radius 1 is 1.07 bits per heavy atom. The highest BCUT2D eigenvalue weighted by Crippen LogP contribution is 2.57. The van der Waals surface area contributed by atoms with Crippen LogP contribution in [0.2, 0.25) is 28.2 Å². The highest BCUT2D eigenvalue weighted by atomic mass is 35.5. The maximum atomic E-state index is 6.85. The summed E-state index contributed by atoms with van der Waals surface area (Å²) in [5, 5.41) is 4.93. The molecule has 2 saturated carbocycles. The van der Waals surface area contributed by atoms with Crippen molar-refractivity contribution in [2.45, 2.75) is 83.5 Å². The van der Waals surface area contributed by atoms with Crippen LogP contribution in [0.5, 0.6) is 0 Å². The molecule has 2 aliphatic carbocycles. The fourth-order valence-corrected chi connectivity index (χ4v) is 8.24. The third-order valence-electron chi connectivity index (χ3n) is 7.42. The number of hydrogen-bond acceptors (Lipinski definition) is 3. The molecular formula is C22H36Cl2N2OSi. The molecule has 1 spiro atoms. The monoisotopic (exact) mass is 442 g/mol. The van der Waals surface area contributed by atoms with Gasteiger partial charge in [-0.15, -0.1) is 0 Å². The quantitative estimate of drug-likeness (QED) is 0.395. The molecule has 1 aromatic heterocycles. The van der Waals surface area contributed by atoms with Gasteiger partial charge in [0.15, 0.2) is 8.32 Å². The molecule has 0 saturated heterocycles. The van der Waals surface area contributed by atoms with E-state index in [1.807, 2.05) is 0 Å². The second-order valence-electron chi connectivity index (χ2n) is 8.97. The molecule has 0 aliphatic heterocycles. The van der Waals surface area contributed by atoms with Gasteiger partial charge in [0.25, 0.3) is 0 Å². The molecule has 1 heterocycles. The Hall–Kier alpha value is -0.133. The lowest BCUT2D eigenvalue weighted by atomic mass is 9.80. The SMILES string of the molecule is CC[Si](CC)(CC)OC(CNCC1CCC2(CC1)CC2)c1c(Cl)cncc1Cl. The molecule has 1 unspecified atom stereocenters. The number of nitrogens with one attached hydrogen (secondary N) is 1. The maximum Gasteiger partial charge on any atom is 0.192 e. The largest absolute Gasteiger partial charge is 0.409 e. The zero-order valence-corrected chi connectivity index (χ0v) is 20.2. The van der Waals surface area contributed by atoms with Crippen molar-refractivity contribution in [1.82, 2.24) is 10.3 Å². The van der Waals surface area contributed by atoms with Gasteiger partial charge < -0.3 is 9.74 Å². The molecule has 1 atom stereocenters. The van der Waals surface area contributed by atoms with Crippen LogP contribution in [0.3, 0.4) is 0 Å². The van der Waals surface area contributed by atoms with Crippen molar-refractivity contribution in [2.24, 2.45) is 11.3 Å². The van der Waals surface area contributed by atoms with E-state index in [-0.39, 0.29) is 6.10 Å². The Morgan fingerprint density at radius 2 is 1.64 bits per heavy atom. The number of rotatable bonds is 10. The van der Waals surface area contributed by atoms with Crippen molar-refractivity contribution in [3.63, 3.8) is 0 Å². The Labute approximate surface area is 182 Å². The van der Waals surface area contributed by atoms with Crippen LogP contribution in [0.1, 0.15) is 71.0 Å². The molecule has 0 amide bonds. The number of halogens is 2. The zero-order chi connectivity index (χ0) is 20.2. The minimum Gasteiger partial charge on any atom is -0.409 e. The van der Waals surface area contributed by atoms with Gasteiger partial charge in [-0.2, -0.15) is 0 Å². The van der Waals surface area contributed by atoms with Crippen LogP contribution >= 0.6 is 23.2 Å². The molecule has 0 radical (unpaired) electrons. The van der Waals surface area contributed by atoms with Crippen molar-refractivity contribution in [3.05, 3.63) is 28.0 Å². The van der Waals surface area contributed by atoms with Crippen molar-refractivity contribution in [1.29, 1.82) is 0 Å². The second-order valence-corrected chi connectivity index (χ2v) is 14.5. The Morgan fingerprint density at radius 3 is 2.14 bits per heavy atom. The molecule has 3 nitrogen and oxygen atoms in total. The van der Waals surface area contributed by atoms with Crippen molar-refractivity contribution >= 4 is 31.5 Å². The van der Waals surface area contributed by atoms with Gasteiger partial charge in [0, 0.05) is 24.5 Å². The van der Waals surface area contributed by atoms with E-state index in [2.05, 4.69) is 31.1 Å². The van der Waals surface area contributed by atoms with Crippen molar-refractivity contribution in [3.8, 4) is 0 Å². The summed E-state index contributed by atoms with van der Waals surface area (Å²) in [4.78, 5) is 4.13. The fourth-order valence-electron chi connectivity index (χ4n) is 4.82. The van der Waals surface area contributed by atoms with E-state index in [4.69, 9.17) is 27.6 Å². The summed E-state index contributed by atoms with van der Waals surface area (Å²) in [6.45, 7) is 8.61. The molecule has 1 aromatic rings. The smallest absolute Gasteiger partial charge is 0.192 e. The van der Waals surface area contributed by atoms with Crippen LogP contribution in [0, 0.1) is 11.3 Å². The zero-order valence-electron chi connectivity index (χ0n) is 17.7. The standard InChI is InChI=1S/C22H36Cl2N2OSi/c1-4-28(5-2,6-3)27-20(21-18(23)14-26-15-19(21)24)16-25-13-17-7-9-22(10-8-17)11-12-22/h14-15,17,20,25H,4-13,16H2,1-3H3. The summed E-state index contributed by atoms with van der Waals surface area (Å²) in [6.07, 6.45) is 11.8. The topological polar surface area (TPSA) is 34.1 Å². The molecule has 0 aromatic carbocycles. The van der Waals surface area contributed by atoms with Crippen molar-refractivity contribution < 1.29 is 4.43 Å². The van der Waals surface area contributed by atoms with E-state index < -0.39 is 8.32 Å². The Bertz CT molecular complexity index is 611. The van der Waals surface area contributed by atoms with Gasteiger partial charge in [-0.3, -0.25) is 4.98 Å². The summed E-state index contributed by atoms with van der Waals surface area (Å²) in [6, 6.07) is 3.34. The molecule has 3 rings (SSSR count). The van der Waals surface area contributed by atoms with Crippen LogP contribution in [-0.2, 0) is 4.43 Å². The van der Waals surface area contributed by atoms with E-state index in [1.54, 1.807) is 12.4 Å². The minimum absolute atomic E-state index is 0.104. The first-order valence-corrected chi connectivity index (χ1v) is 14.4. The third kappa shape index (κ3) is 5.31. The highest BCUT2D eigenvalue weighted by molar-refractivity contribution is 6.73. The van der Waals surface area contributed by atoms with Gasteiger partial charge in [-0.1, -0.05) is 44.0 Å². The second kappa shape index (κ2) is 9.78. The van der Waals surface area contributed by atoms with E-state index in [1.165, 1.54) is 38.5 Å². The van der Waals surface area contributed by atoms with E-state index >= 15 is 0 Å². The van der Waals surface area contributed by atoms with Crippen LogP contribution in [0.4, 0.5) is 0 Å². The van der Waals surface area contributed by atoms with E-state index in [9.17, 15) is 0 Å². The first-order valence-electron chi connectivity index (χ1n) is 11.1. The summed E-state index contributed by atoms with van der Waals surface area (Å²) in [7, 11) is -1.79. The first-order chi connectivity index (χ1) is 13.5. The van der Waals surface area contributed by atoms with Crippen LogP contribution < -0.4 is 5.32 Å². The normalized spacial score (nSPS) is 20.5. The Balaban J connectivity index is 1.65. The van der Waals surface area contributed by atoms with Gasteiger partial charge in [-0.05, 0) is 74.5 Å². The van der Waals surface area contributed by atoms with Crippen LogP contribution in [-0.4, -0.2) is 26.4 Å². The van der Waals surface area contributed by atoms with Gasteiger partial charge in [0.1, 0.15) is 0 Å². The van der Waals surface area contributed by atoms with E-state index in [0.717, 1.165) is 48.1 Å². The average Bonchev–Trinajstić information content (AvgIpc) is 3.46. The summed E-state index contributed by atoms with van der Waals surface area (Å²) >= 11 is 13.0. The van der Waals surface area contributed by atoms with Crippen LogP contribution in [0.15, 0.2) is 12.4 Å². The number of nitrogens with zero attached hydrogens (tertiary/aromatic N) is 1. The lowest BCUT2D eigenvalue weighted by molar-refractivity contribution is 0.178. The summed E-state index contributed by atoms with van der Waals surface area (Å²) in [5.41, 5.74) is 1.66. The predicted molar refractivity (Wildman–Crippen MR) is 122 cm³/mol. The Kier molecular flexibility index (Phi) is 7.88. The first kappa shape index (κ1) is 22.5. The average molecular weight is 444 g/mol. The number of pyridine rings is 1. The van der Waals surface area contributed by atoms with Gasteiger partial charge in [-0.25, -0.2) is 0 Å². The predicted octanol–water partition coefficient (Wildman–Crippen LogP) is 7.01. The molecule has 28 heavy (non-hydrogen) atoms. The third-order valence-corrected chi connectivity index (χ3v) is 12.7. The highest BCUT2D eigenvalue weighted by Gasteiger charge is 2.44. The van der Waals surface area contributed by atoms with Crippen LogP contribution in [0.25, 0.3) is 0 Å². The van der Waals surface area contributed by atoms with Gasteiger partial charge >= 0.3 is 0 Å². The molecule has 2 fully saturated rings. The lowest BCUT2D eigenvalue weighted by Gasteiger charge is -2.35. The summed E-state index contributed by atoms with van der Waals surface area (Å²) < 4.78 is 6.85.